The van der Waals surface area contributed by atoms with Gasteiger partial charge in [0.1, 0.15) is 11.9 Å². The Morgan fingerprint density at radius 2 is 1.72 bits per heavy atom. The predicted octanol–water partition coefficient (Wildman–Crippen LogP) is 2.75. The summed E-state index contributed by atoms with van der Waals surface area (Å²) in [5, 5.41) is 3.56. The standard InChI is InChI=1S/C22H37N5O.HI/c1-23-22(24-12-6-7-13-26-18-16-25(2)17-19-26)27-14-10-21(11-15-27)28-20-8-4-3-5-9-20;/h3-5,8-9,21H,6-7,10-19H2,1-2H3,(H,23,24);1H. The smallest absolute Gasteiger partial charge is 0.193 e. The average molecular weight is 515 g/mol. The maximum Gasteiger partial charge on any atom is 0.193 e. The number of ether oxygens (including phenoxy) is 1. The Morgan fingerprint density at radius 3 is 2.38 bits per heavy atom. The number of hydrogen-bond acceptors (Lipinski definition) is 4. The fourth-order valence-corrected chi connectivity index (χ4v) is 3.94. The molecule has 29 heavy (non-hydrogen) atoms. The minimum absolute atomic E-state index is 0. The van der Waals surface area contributed by atoms with Crippen molar-refractivity contribution in [2.45, 2.75) is 31.8 Å². The summed E-state index contributed by atoms with van der Waals surface area (Å²) >= 11 is 0. The number of piperazine rings is 1. The van der Waals surface area contributed by atoms with Crippen LogP contribution in [0.3, 0.4) is 0 Å². The number of para-hydroxylation sites is 1. The molecule has 2 fully saturated rings. The maximum absolute atomic E-state index is 6.10. The summed E-state index contributed by atoms with van der Waals surface area (Å²) in [4.78, 5) is 11.9. The zero-order chi connectivity index (χ0) is 19.6. The summed E-state index contributed by atoms with van der Waals surface area (Å²) in [6.45, 7) is 9.05. The van der Waals surface area contributed by atoms with E-state index >= 15 is 0 Å². The second-order valence-corrected chi connectivity index (χ2v) is 7.94. The number of aliphatic imine (C=N–C) groups is 1. The molecule has 2 aliphatic heterocycles. The lowest BCUT2D eigenvalue weighted by Gasteiger charge is -2.34. The predicted molar refractivity (Wildman–Crippen MR) is 132 cm³/mol. The highest BCUT2D eigenvalue weighted by Gasteiger charge is 2.22. The molecule has 0 unspecified atom stereocenters. The number of likely N-dealkylation sites (N-methyl/N-ethyl adjacent to an activating group) is 1. The zero-order valence-electron chi connectivity index (χ0n) is 18.1. The van der Waals surface area contributed by atoms with Gasteiger partial charge in [-0.25, -0.2) is 0 Å². The van der Waals surface area contributed by atoms with Crippen LogP contribution in [0.5, 0.6) is 5.75 Å². The number of rotatable bonds is 7. The van der Waals surface area contributed by atoms with Gasteiger partial charge in [-0.15, -0.1) is 24.0 Å². The molecule has 2 heterocycles. The number of benzene rings is 1. The SMILES string of the molecule is CN=C(NCCCCN1CCN(C)CC1)N1CCC(Oc2ccccc2)CC1.I. The van der Waals surface area contributed by atoms with Gasteiger partial charge in [0.05, 0.1) is 0 Å². The van der Waals surface area contributed by atoms with Gasteiger partial charge in [-0.1, -0.05) is 18.2 Å². The van der Waals surface area contributed by atoms with Crippen molar-refractivity contribution >= 4 is 29.9 Å². The monoisotopic (exact) mass is 515 g/mol. The van der Waals surface area contributed by atoms with Crippen molar-refractivity contribution in [1.82, 2.24) is 20.0 Å². The Labute approximate surface area is 193 Å². The van der Waals surface area contributed by atoms with Crippen LogP contribution >= 0.6 is 24.0 Å². The van der Waals surface area contributed by atoms with E-state index in [1.54, 1.807) is 0 Å². The normalized spacial score (nSPS) is 19.7. The van der Waals surface area contributed by atoms with E-state index in [2.05, 4.69) is 32.1 Å². The summed E-state index contributed by atoms with van der Waals surface area (Å²) in [6, 6.07) is 10.2. The number of hydrogen-bond donors (Lipinski definition) is 1. The van der Waals surface area contributed by atoms with Crippen molar-refractivity contribution in [2.75, 3.05) is 66.5 Å². The van der Waals surface area contributed by atoms with Gasteiger partial charge >= 0.3 is 0 Å². The average Bonchev–Trinajstić information content (AvgIpc) is 2.74. The van der Waals surface area contributed by atoms with E-state index in [-0.39, 0.29) is 24.0 Å². The van der Waals surface area contributed by atoms with Gasteiger partial charge in [-0.3, -0.25) is 4.99 Å². The van der Waals surface area contributed by atoms with Crippen LogP contribution in [0.2, 0.25) is 0 Å². The Hall–Kier alpha value is -1.06. The molecule has 0 amide bonds. The molecule has 2 aliphatic rings. The number of unbranched alkanes of at least 4 members (excludes halogenated alkanes) is 1. The van der Waals surface area contributed by atoms with Crippen LogP contribution in [0.4, 0.5) is 0 Å². The molecule has 0 radical (unpaired) electrons. The molecule has 1 aromatic carbocycles. The van der Waals surface area contributed by atoms with Gasteiger partial charge in [-0.05, 0) is 38.6 Å². The Kier molecular flexibility index (Phi) is 11.1. The third kappa shape index (κ3) is 8.30. The van der Waals surface area contributed by atoms with E-state index in [0.29, 0.717) is 6.10 Å². The lowest BCUT2D eigenvalue weighted by Crippen LogP contribution is -2.47. The highest BCUT2D eigenvalue weighted by molar-refractivity contribution is 14.0. The first-order chi connectivity index (χ1) is 13.7. The number of piperidine rings is 1. The Bertz CT molecular complexity index is 584. The van der Waals surface area contributed by atoms with E-state index in [1.807, 2.05) is 37.4 Å². The summed E-state index contributed by atoms with van der Waals surface area (Å²) in [5.41, 5.74) is 0. The Balaban J connectivity index is 0.00000300. The summed E-state index contributed by atoms with van der Waals surface area (Å²) in [6.07, 6.45) is 4.83. The molecule has 7 heteroatoms. The van der Waals surface area contributed by atoms with Crippen molar-refractivity contribution < 1.29 is 4.74 Å². The molecule has 0 atom stereocenters. The summed E-state index contributed by atoms with van der Waals surface area (Å²) in [7, 11) is 4.10. The quantitative estimate of drug-likeness (QED) is 0.262. The summed E-state index contributed by atoms with van der Waals surface area (Å²) < 4.78 is 6.10. The van der Waals surface area contributed by atoms with E-state index in [9.17, 15) is 0 Å². The minimum Gasteiger partial charge on any atom is -0.490 e. The number of halogens is 1. The highest BCUT2D eigenvalue weighted by atomic mass is 127. The first-order valence-corrected chi connectivity index (χ1v) is 10.8. The molecule has 0 aliphatic carbocycles. The topological polar surface area (TPSA) is 43.3 Å². The molecule has 1 N–H and O–H groups in total. The van der Waals surface area contributed by atoms with Crippen LogP contribution in [-0.2, 0) is 0 Å². The second-order valence-electron chi connectivity index (χ2n) is 7.94. The molecule has 6 nitrogen and oxygen atoms in total. The fourth-order valence-electron chi connectivity index (χ4n) is 3.94. The van der Waals surface area contributed by atoms with Gasteiger partial charge in [0.25, 0.3) is 0 Å². The highest BCUT2D eigenvalue weighted by Crippen LogP contribution is 2.18. The van der Waals surface area contributed by atoms with E-state index < -0.39 is 0 Å². The second kappa shape index (κ2) is 13.3. The van der Waals surface area contributed by atoms with Crippen LogP contribution in [0.1, 0.15) is 25.7 Å². The van der Waals surface area contributed by atoms with Gasteiger partial charge < -0.3 is 24.8 Å². The third-order valence-electron chi connectivity index (χ3n) is 5.78. The maximum atomic E-state index is 6.10. The Morgan fingerprint density at radius 1 is 1.03 bits per heavy atom. The van der Waals surface area contributed by atoms with Crippen molar-refractivity contribution in [3.8, 4) is 5.75 Å². The van der Waals surface area contributed by atoms with Crippen LogP contribution in [0, 0.1) is 0 Å². The van der Waals surface area contributed by atoms with Crippen molar-refractivity contribution in [2.24, 2.45) is 4.99 Å². The van der Waals surface area contributed by atoms with E-state index in [4.69, 9.17) is 4.74 Å². The fraction of sp³-hybridized carbons (Fsp3) is 0.682. The van der Waals surface area contributed by atoms with Crippen LogP contribution in [0.25, 0.3) is 0 Å². The zero-order valence-corrected chi connectivity index (χ0v) is 20.4. The van der Waals surface area contributed by atoms with Gasteiger partial charge in [0.2, 0.25) is 0 Å². The summed E-state index contributed by atoms with van der Waals surface area (Å²) in [5.74, 6) is 2.02. The molecule has 164 valence electrons. The minimum atomic E-state index is 0. The lowest BCUT2D eigenvalue weighted by molar-refractivity contribution is 0.129. The molecule has 0 spiro atoms. The van der Waals surface area contributed by atoms with E-state index in [1.165, 1.54) is 45.6 Å². The number of nitrogens with zero attached hydrogens (tertiary/aromatic N) is 4. The first kappa shape index (κ1) is 24.2. The first-order valence-electron chi connectivity index (χ1n) is 10.8. The molecule has 1 aromatic rings. The van der Waals surface area contributed by atoms with Gasteiger partial charge in [-0.2, -0.15) is 0 Å². The molecule has 3 rings (SSSR count). The van der Waals surface area contributed by atoms with Crippen molar-refractivity contribution in [3.05, 3.63) is 30.3 Å². The molecular formula is C22H38IN5O. The van der Waals surface area contributed by atoms with Crippen LogP contribution in [0.15, 0.2) is 35.3 Å². The van der Waals surface area contributed by atoms with Crippen molar-refractivity contribution in [1.29, 1.82) is 0 Å². The number of guanidine groups is 1. The van der Waals surface area contributed by atoms with Gasteiger partial charge in [0, 0.05) is 65.7 Å². The van der Waals surface area contributed by atoms with Gasteiger partial charge in [0.15, 0.2) is 5.96 Å². The number of likely N-dealkylation sites (tertiary alicyclic amines) is 1. The molecule has 2 saturated heterocycles. The van der Waals surface area contributed by atoms with Crippen molar-refractivity contribution in [3.63, 3.8) is 0 Å². The molecule has 0 bridgehead atoms. The molecular weight excluding hydrogens is 477 g/mol. The molecule has 0 aromatic heterocycles. The third-order valence-corrected chi connectivity index (χ3v) is 5.78. The molecule has 0 saturated carbocycles. The number of nitrogens with one attached hydrogen (secondary N) is 1. The van der Waals surface area contributed by atoms with E-state index in [0.717, 1.165) is 44.2 Å². The lowest BCUT2D eigenvalue weighted by atomic mass is 10.1. The largest absolute Gasteiger partial charge is 0.490 e. The van der Waals surface area contributed by atoms with Crippen LogP contribution < -0.4 is 10.1 Å². The van der Waals surface area contributed by atoms with Crippen LogP contribution in [-0.4, -0.2) is 93.2 Å².